The number of nitrogens with zero attached hydrogens (tertiary/aromatic N) is 1. The van der Waals surface area contributed by atoms with E-state index in [-0.39, 0.29) is 12.5 Å². The molecule has 0 aromatic heterocycles. The average molecular weight is 277 g/mol. The molecule has 1 aromatic carbocycles. The van der Waals surface area contributed by atoms with Crippen LogP contribution in [-0.4, -0.2) is 32.1 Å². The number of methoxy groups -OCH3 is 1. The van der Waals surface area contributed by atoms with Crippen molar-refractivity contribution in [2.45, 2.75) is 26.2 Å². The maximum absolute atomic E-state index is 11.9. The molecular formula is C15H19NO4. The van der Waals surface area contributed by atoms with Crippen molar-refractivity contribution in [2.24, 2.45) is 0 Å². The number of carbonyl (C=O) groups excluding carboxylic acids is 2. The molecule has 0 atom stereocenters. The normalized spacial score (nSPS) is 13.7. The van der Waals surface area contributed by atoms with E-state index >= 15 is 0 Å². The summed E-state index contributed by atoms with van der Waals surface area (Å²) in [6.07, 6.45) is 3.15. The molecule has 1 heterocycles. The first kappa shape index (κ1) is 14.4. The SMILES string of the molecule is CCCCCN1C(=O)COc2cc(C(=O)OC)ccc21. The quantitative estimate of drug-likeness (QED) is 0.612. The Hall–Kier alpha value is -2.04. The minimum Gasteiger partial charge on any atom is -0.482 e. The minimum absolute atomic E-state index is 0.0176. The van der Waals surface area contributed by atoms with Gasteiger partial charge in [-0.05, 0) is 24.6 Å². The van der Waals surface area contributed by atoms with E-state index in [0.717, 1.165) is 24.9 Å². The number of esters is 1. The lowest BCUT2D eigenvalue weighted by Crippen LogP contribution is -2.39. The van der Waals surface area contributed by atoms with Crippen molar-refractivity contribution >= 4 is 17.6 Å². The Bertz CT molecular complexity index is 513. The molecule has 1 aliphatic heterocycles. The highest BCUT2D eigenvalue weighted by molar-refractivity contribution is 5.99. The third-order valence-corrected chi connectivity index (χ3v) is 3.31. The fourth-order valence-corrected chi connectivity index (χ4v) is 2.21. The standard InChI is InChI=1S/C15H19NO4/c1-3-4-5-8-16-12-7-6-11(15(18)19-2)9-13(12)20-10-14(16)17/h6-7,9H,3-5,8,10H2,1-2H3. The average Bonchev–Trinajstić information content (AvgIpc) is 2.48. The number of anilines is 1. The molecule has 1 amide bonds. The third kappa shape index (κ3) is 2.92. The van der Waals surface area contributed by atoms with E-state index in [4.69, 9.17) is 4.74 Å². The first-order chi connectivity index (χ1) is 9.67. The van der Waals surface area contributed by atoms with Gasteiger partial charge in [-0.1, -0.05) is 19.8 Å². The summed E-state index contributed by atoms with van der Waals surface area (Å²) in [5.41, 5.74) is 1.15. The summed E-state index contributed by atoms with van der Waals surface area (Å²) in [5.74, 6) is 0.106. The zero-order chi connectivity index (χ0) is 14.5. The molecule has 2 rings (SSSR count). The fourth-order valence-electron chi connectivity index (χ4n) is 2.21. The van der Waals surface area contributed by atoms with Gasteiger partial charge < -0.3 is 14.4 Å². The molecule has 0 N–H and O–H groups in total. The van der Waals surface area contributed by atoms with Crippen LogP contribution in [0.25, 0.3) is 0 Å². The van der Waals surface area contributed by atoms with Gasteiger partial charge in [0.1, 0.15) is 5.75 Å². The molecule has 0 radical (unpaired) electrons. The number of carbonyl (C=O) groups is 2. The van der Waals surface area contributed by atoms with E-state index < -0.39 is 5.97 Å². The zero-order valence-electron chi connectivity index (χ0n) is 11.8. The second-order valence-electron chi connectivity index (χ2n) is 4.72. The van der Waals surface area contributed by atoms with Crippen molar-refractivity contribution in [2.75, 3.05) is 25.2 Å². The second kappa shape index (κ2) is 6.41. The summed E-state index contributed by atoms with van der Waals surface area (Å²) in [7, 11) is 1.34. The Morgan fingerprint density at radius 1 is 1.40 bits per heavy atom. The lowest BCUT2D eigenvalue weighted by atomic mass is 10.1. The van der Waals surface area contributed by atoms with Crippen LogP contribution in [0.4, 0.5) is 5.69 Å². The van der Waals surface area contributed by atoms with Gasteiger partial charge in [0.2, 0.25) is 0 Å². The van der Waals surface area contributed by atoms with Crippen molar-refractivity contribution < 1.29 is 19.1 Å². The summed E-state index contributed by atoms with van der Waals surface area (Å²) < 4.78 is 10.1. The molecule has 1 aliphatic rings. The molecule has 0 saturated carbocycles. The Kier molecular flexibility index (Phi) is 4.61. The number of unbranched alkanes of at least 4 members (excludes halogenated alkanes) is 2. The third-order valence-electron chi connectivity index (χ3n) is 3.31. The molecule has 1 aromatic rings. The van der Waals surface area contributed by atoms with E-state index in [2.05, 4.69) is 11.7 Å². The van der Waals surface area contributed by atoms with Crippen LogP contribution in [-0.2, 0) is 9.53 Å². The second-order valence-corrected chi connectivity index (χ2v) is 4.72. The Balaban J connectivity index is 2.22. The molecule has 5 heteroatoms. The minimum atomic E-state index is -0.411. The molecule has 0 unspecified atom stereocenters. The first-order valence-corrected chi connectivity index (χ1v) is 6.83. The highest BCUT2D eigenvalue weighted by atomic mass is 16.5. The summed E-state index contributed by atoms with van der Waals surface area (Å²) in [4.78, 5) is 25.2. The number of hydrogen-bond donors (Lipinski definition) is 0. The predicted molar refractivity (Wildman–Crippen MR) is 75.2 cm³/mol. The number of fused-ring (bicyclic) bond motifs is 1. The van der Waals surface area contributed by atoms with Gasteiger partial charge in [0.25, 0.3) is 5.91 Å². The topological polar surface area (TPSA) is 55.8 Å². The number of amides is 1. The van der Waals surface area contributed by atoms with Crippen LogP contribution in [0.5, 0.6) is 5.75 Å². The molecular weight excluding hydrogens is 258 g/mol. The van der Waals surface area contributed by atoms with Gasteiger partial charge in [0, 0.05) is 6.54 Å². The van der Waals surface area contributed by atoms with Gasteiger partial charge in [-0.15, -0.1) is 0 Å². The van der Waals surface area contributed by atoms with Crippen LogP contribution in [0, 0.1) is 0 Å². The number of ether oxygens (including phenoxy) is 2. The molecule has 0 saturated heterocycles. The van der Waals surface area contributed by atoms with Gasteiger partial charge in [0.15, 0.2) is 6.61 Å². The summed E-state index contributed by atoms with van der Waals surface area (Å²) >= 11 is 0. The highest BCUT2D eigenvalue weighted by Gasteiger charge is 2.25. The Labute approximate surface area is 118 Å². The molecule has 108 valence electrons. The van der Waals surface area contributed by atoms with Crippen molar-refractivity contribution in [1.82, 2.24) is 0 Å². The lowest BCUT2D eigenvalue weighted by molar-refractivity contribution is -0.121. The largest absolute Gasteiger partial charge is 0.482 e. The van der Waals surface area contributed by atoms with E-state index in [0.29, 0.717) is 17.9 Å². The van der Waals surface area contributed by atoms with Crippen molar-refractivity contribution in [1.29, 1.82) is 0 Å². The van der Waals surface area contributed by atoms with Crippen LogP contribution >= 0.6 is 0 Å². The Morgan fingerprint density at radius 3 is 2.90 bits per heavy atom. The molecule has 0 spiro atoms. The fraction of sp³-hybridized carbons (Fsp3) is 0.467. The summed E-state index contributed by atoms with van der Waals surface area (Å²) in [6, 6.07) is 5.02. The van der Waals surface area contributed by atoms with Gasteiger partial charge in [0.05, 0.1) is 18.4 Å². The molecule has 5 nitrogen and oxygen atoms in total. The molecule has 0 bridgehead atoms. The van der Waals surface area contributed by atoms with E-state index in [1.165, 1.54) is 7.11 Å². The predicted octanol–water partition coefficient (Wildman–Crippen LogP) is 2.39. The van der Waals surface area contributed by atoms with Gasteiger partial charge in [-0.25, -0.2) is 4.79 Å². The van der Waals surface area contributed by atoms with Crippen LogP contribution in [0.3, 0.4) is 0 Å². The maximum Gasteiger partial charge on any atom is 0.337 e. The van der Waals surface area contributed by atoms with Crippen LogP contribution in [0.15, 0.2) is 18.2 Å². The number of hydrogen-bond acceptors (Lipinski definition) is 4. The summed E-state index contributed by atoms with van der Waals surface area (Å²) in [5, 5.41) is 0. The smallest absolute Gasteiger partial charge is 0.337 e. The van der Waals surface area contributed by atoms with Gasteiger partial charge in [-0.3, -0.25) is 4.79 Å². The van der Waals surface area contributed by atoms with Crippen molar-refractivity contribution in [3.63, 3.8) is 0 Å². The van der Waals surface area contributed by atoms with E-state index in [1.54, 1.807) is 23.1 Å². The Morgan fingerprint density at radius 2 is 2.20 bits per heavy atom. The molecule has 20 heavy (non-hydrogen) atoms. The van der Waals surface area contributed by atoms with E-state index in [9.17, 15) is 9.59 Å². The van der Waals surface area contributed by atoms with Gasteiger partial charge in [-0.2, -0.15) is 0 Å². The number of benzene rings is 1. The van der Waals surface area contributed by atoms with Crippen molar-refractivity contribution in [3.8, 4) is 5.75 Å². The monoisotopic (exact) mass is 277 g/mol. The zero-order valence-corrected chi connectivity index (χ0v) is 11.8. The van der Waals surface area contributed by atoms with Crippen molar-refractivity contribution in [3.05, 3.63) is 23.8 Å². The molecule has 0 aliphatic carbocycles. The number of rotatable bonds is 5. The maximum atomic E-state index is 11.9. The van der Waals surface area contributed by atoms with Crippen LogP contribution in [0.1, 0.15) is 36.5 Å². The molecule has 0 fully saturated rings. The van der Waals surface area contributed by atoms with E-state index in [1.807, 2.05) is 0 Å². The highest BCUT2D eigenvalue weighted by Crippen LogP contribution is 2.33. The first-order valence-electron chi connectivity index (χ1n) is 6.83. The summed E-state index contributed by atoms with van der Waals surface area (Å²) in [6.45, 7) is 2.82. The van der Waals surface area contributed by atoms with Crippen LogP contribution in [0.2, 0.25) is 0 Å². The van der Waals surface area contributed by atoms with Crippen LogP contribution < -0.4 is 9.64 Å². The lowest BCUT2D eigenvalue weighted by Gasteiger charge is -2.29. The van der Waals surface area contributed by atoms with Gasteiger partial charge >= 0.3 is 5.97 Å².